The Kier molecular flexibility index (Phi) is 7.04. The Hall–Kier alpha value is -2.72. The standard InChI is InChI=1S/C22H21F3N2O3S2/c1-14(2)15-3-5-16(6-4-15)21-27-19(11-31-21)12-32(29,30)13-20(28)26-18-9-7-17(8-10-18)22(23,24)25/h3-11,14H,12-13H2,1-2H3,(H,26,28). The minimum atomic E-state index is -4.49. The zero-order valence-electron chi connectivity index (χ0n) is 17.3. The molecule has 0 spiro atoms. The van der Waals surface area contributed by atoms with Crippen molar-refractivity contribution in [2.24, 2.45) is 0 Å². The van der Waals surface area contributed by atoms with Crippen molar-refractivity contribution in [1.82, 2.24) is 4.98 Å². The van der Waals surface area contributed by atoms with Crippen LogP contribution >= 0.6 is 11.3 Å². The van der Waals surface area contributed by atoms with Gasteiger partial charge in [0.15, 0.2) is 9.84 Å². The van der Waals surface area contributed by atoms with Gasteiger partial charge in [0.1, 0.15) is 10.8 Å². The lowest BCUT2D eigenvalue weighted by Crippen LogP contribution is -2.24. The Morgan fingerprint density at radius 1 is 1.06 bits per heavy atom. The van der Waals surface area contributed by atoms with Crippen molar-refractivity contribution >= 4 is 32.8 Å². The summed E-state index contributed by atoms with van der Waals surface area (Å²) in [7, 11) is -3.82. The summed E-state index contributed by atoms with van der Waals surface area (Å²) in [6, 6.07) is 11.7. The smallest absolute Gasteiger partial charge is 0.325 e. The molecule has 1 aromatic heterocycles. The summed E-state index contributed by atoms with van der Waals surface area (Å²) in [5, 5.41) is 4.62. The molecule has 1 heterocycles. The van der Waals surface area contributed by atoms with Gasteiger partial charge in [0, 0.05) is 16.6 Å². The van der Waals surface area contributed by atoms with Crippen LogP contribution in [0.4, 0.5) is 18.9 Å². The van der Waals surface area contributed by atoms with E-state index in [1.54, 1.807) is 5.38 Å². The molecule has 0 bridgehead atoms. The van der Waals surface area contributed by atoms with E-state index in [1.807, 2.05) is 24.3 Å². The van der Waals surface area contributed by atoms with Gasteiger partial charge < -0.3 is 5.32 Å². The number of aromatic nitrogens is 1. The van der Waals surface area contributed by atoms with Gasteiger partial charge in [0.2, 0.25) is 5.91 Å². The molecule has 1 N–H and O–H groups in total. The number of halogens is 3. The Labute approximate surface area is 188 Å². The van der Waals surface area contributed by atoms with Crippen molar-refractivity contribution < 1.29 is 26.4 Å². The number of carbonyl (C=O) groups is 1. The van der Waals surface area contributed by atoms with Crippen LogP contribution in [0.3, 0.4) is 0 Å². The molecule has 0 unspecified atom stereocenters. The molecule has 0 aliphatic heterocycles. The van der Waals surface area contributed by atoms with E-state index in [0.717, 1.165) is 29.8 Å². The molecular weight excluding hydrogens is 461 g/mol. The second-order valence-electron chi connectivity index (χ2n) is 7.58. The fraction of sp³-hybridized carbons (Fsp3) is 0.273. The summed E-state index contributed by atoms with van der Waals surface area (Å²) >= 11 is 1.31. The number of sulfone groups is 1. The zero-order valence-corrected chi connectivity index (χ0v) is 18.9. The normalized spacial score (nSPS) is 12.2. The Morgan fingerprint density at radius 3 is 2.25 bits per heavy atom. The van der Waals surface area contributed by atoms with Gasteiger partial charge in [0.25, 0.3) is 0 Å². The highest BCUT2D eigenvalue weighted by Gasteiger charge is 2.30. The van der Waals surface area contributed by atoms with Crippen molar-refractivity contribution in [3.05, 3.63) is 70.7 Å². The summed E-state index contributed by atoms with van der Waals surface area (Å²) < 4.78 is 62.6. The van der Waals surface area contributed by atoms with Crippen LogP contribution in [0, 0.1) is 0 Å². The number of nitrogens with zero attached hydrogens (tertiary/aromatic N) is 1. The Bertz CT molecular complexity index is 1180. The van der Waals surface area contributed by atoms with Gasteiger partial charge in [-0.15, -0.1) is 11.3 Å². The number of alkyl halides is 3. The highest BCUT2D eigenvalue weighted by Crippen LogP contribution is 2.30. The third kappa shape index (κ3) is 6.39. The number of amides is 1. The molecule has 0 saturated heterocycles. The number of anilines is 1. The van der Waals surface area contributed by atoms with E-state index >= 15 is 0 Å². The first-order valence-electron chi connectivity index (χ1n) is 9.65. The van der Waals surface area contributed by atoms with Crippen LogP contribution in [-0.2, 0) is 26.6 Å². The van der Waals surface area contributed by atoms with E-state index in [1.165, 1.54) is 16.9 Å². The summed E-state index contributed by atoms with van der Waals surface area (Å²) in [5.41, 5.74) is 1.62. The van der Waals surface area contributed by atoms with E-state index in [0.29, 0.717) is 16.6 Å². The maximum atomic E-state index is 12.6. The summed E-state index contributed by atoms with van der Waals surface area (Å²) in [6.07, 6.45) is -4.49. The van der Waals surface area contributed by atoms with Crippen molar-refractivity contribution in [2.75, 3.05) is 11.1 Å². The predicted molar refractivity (Wildman–Crippen MR) is 119 cm³/mol. The maximum Gasteiger partial charge on any atom is 0.416 e. The third-order valence-electron chi connectivity index (χ3n) is 4.59. The average Bonchev–Trinajstić information content (AvgIpc) is 3.14. The van der Waals surface area contributed by atoms with E-state index in [4.69, 9.17) is 0 Å². The number of rotatable bonds is 7. The molecule has 0 aliphatic carbocycles. The molecule has 0 saturated carbocycles. The predicted octanol–water partition coefficient (Wildman–Crippen LogP) is 5.51. The second-order valence-corrected chi connectivity index (χ2v) is 10.5. The Morgan fingerprint density at radius 2 is 1.69 bits per heavy atom. The van der Waals surface area contributed by atoms with Gasteiger partial charge in [-0.2, -0.15) is 13.2 Å². The van der Waals surface area contributed by atoms with Crippen LogP contribution < -0.4 is 5.32 Å². The van der Waals surface area contributed by atoms with Crippen LogP contribution in [-0.4, -0.2) is 25.1 Å². The average molecular weight is 483 g/mol. The molecule has 32 heavy (non-hydrogen) atoms. The molecule has 3 rings (SSSR count). The summed E-state index contributed by atoms with van der Waals surface area (Å²) in [5.74, 6) is -1.64. The lowest BCUT2D eigenvalue weighted by atomic mass is 10.0. The number of benzene rings is 2. The van der Waals surface area contributed by atoms with E-state index in [-0.39, 0.29) is 5.69 Å². The van der Waals surface area contributed by atoms with Gasteiger partial charge >= 0.3 is 6.18 Å². The van der Waals surface area contributed by atoms with Gasteiger partial charge in [0.05, 0.1) is 17.0 Å². The number of hydrogen-bond donors (Lipinski definition) is 1. The van der Waals surface area contributed by atoms with Gasteiger partial charge in [-0.3, -0.25) is 4.79 Å². The molecule has 170 valence electrons. The molecule has 0 radical (unpaired) electrons. The first-order chi connectivity index (χ1) is 14.9. The van der Waals surface area contributed by atoms with E-state index in [9.17, 15) is 26.4 Å². The number of nitrogens with one attached hydrogen (secondary N) is 1. The SMILES string of the molecule is CC(C)c1ccc(-c2nc(CS(=O)(=O)CC(=O)Nc3ccc(C(F)(F)F)cc3)cs2)cc1. The maximum absolute atomic E-state index is 12.6. The molecule has 5 nitrogen and oxygen atoms in total. The van der Waals surface area contributed by atoms with Crippen LogP contribution in [0.15, 0.2) is 53.9 Å². The van der Waals surface area contributed by atoms with Crippen LogP contribution in [0.2, 0.25) is 0 Å². The second kappa shape index (κ2) is 9.41. The highest BCUT2D eigenvalue weighted by molar-refractivity contribution is 7.91. The van der Waals surface area contributed by atoms with E-state index < -0.39 is 39.0 Å². The van der Waals surface area contributed by atoms with Crippen LogP contribution in [0.5, 0.6) is 0 Å². The number of hydrogen-bond acceptors (Lipinski definition) is 5. The lowest BCUT2D eigenvalue weighted by molar-refractivity contribution is -0.137. The summed E-state index contributed by atoms with van der Waals surface area (Å²) in [4.78, 5) is 16.4. The largest absolute Gasteiger partial charge is 0.416 e. The lowest BCUT2D eigenvalue weighted by Gasteiger charge is -2.09. The fourth-order valence-electron chi connectivity index (χ4n) is 2.93. The van der Waals surface area contributed by atoms with Gasteiger partial charge in [-0.1, -0.05) is 38.1 Å². The molecule has 10 heteroatoms. The fourth-order valence-corrected chi connectivity index (χ4v) is 5.04. The molecule has 1 amide bonds. The van der Waals surface area contributed by atoms with Crippen molar-refractivity contribution in [3.63, 3.8) is 0 Å². The Balaban J connectivity index is 1.61. The van der Waals surface area contributed by atoms with Crippen LogP contribution in [0.1, 0.15) is 36.6 Å². The minimum Gasteiger partial charge on any atom is -0.325 e. The quantitative estimate of drug-likeness (QED) is 0.482. The van der Waals surface area contributed by atoms with Crippen LogP contribution in [0.25, 0.3) is 10.6 Å². The number of thiazole rings is 1. The molecule has 0 atom stereocenters. The van der Waals surface area contributed by atoms with Crippen molar-refractivity contribution in [2.45, 2.75) is 31.7 Å². The van der Waals surface area contributed by atoms with E-state index in [2.05, 4.69) is 24.1 Å². The molecule has 0 aliphatic rings. The zero-order chi connectivity index (χ0) is 23.5. The highest BCUT2D eigenvalue weighted by atomic mass is 32.2. The number of carbonyl (C=O) groups excluding carboxylic acids is 1. The molecule has 2 aromatic carbocycles. The molecule has 3 aromatic rings. The first-order valence-corrected chi connectivity index (χ1v) is 12.4. The monoisotopic (exact) mass is 482 g/mol. The third-order valence-corrected chi connectivity index (χ3v) is 6.97. The molecular formula is C22H21F3N2O3S2. The van der Waals surface area contributed by atoms with Gasteiger partial charge in [-0.05, 0) is 35.7 Å². The van der Waals surface area contributed by atoms with Crippen molar-refractivity contribution in [1.29, 1.82) is 0 Å². The van der Waals surface area contributed by atoms with Gasteiger partial charge in [-0.25, -0.2) is 13.4 Å². The topological polar surface area (TPSA) is 76.1 Å². The summed E-state index contributed by atoms with van der Waals surface area (Å²) in [6.45, 7) is 4.18. The first kappa shape index (κ1) is 23.9. The minimum absolute atomic E-state index is 0.0824. The molecule has 0 fully saturated rings. The van der Waals surface area contributed by atoms with Crippen molar-refractivity contribution in [3.8, 4) is 10.6 Å².